The van der Waals surface area contributed by atoms with Gasteiger partial charge < -0.3 is 5.32 Å². The smallest absolute Gasteiger partial charge is 0.256 e. The van der Waals surface area contributed by atoms with Gasteiger partial charge in [0.15, 0.2) is 11.6 Å². The fourth-order valence-electron chi connectivity index (χ4n) is 2.20. The molecular formula is C20H17N3O2S. The molecule has 0 saturated carbocycles. The van der Waals surface area contributed by atoms with Gasteiger partial charge in [0, 0.05) is 11.1 Å². The van der Waals surface area contributed by atoms with Crippen LogP contribution in [0.4, 0.5) is 5.82 Å². The van der Waals surface area contributed by atoms with Crippen molar-refractivity contribution < 1.29 is 9.59 Å². The molecule has 6 heteroatoms. The maximum Gasteiger partial charge on any atom is 0.256 e. The first-order valence-electron chi connectivity index (χ1n) is 8.04. The predicted molar refractivity (Wildman–Crippen MR) is 103 cm³/mol. The van der Waals surface area contributed by atoms with Crippen LogP contribution in [0.25, 0.3) is 0 Å². The first-order valence-corrected chi connectivity index (χ1v) is 9.03. The van der Waals surface area contributed by atoms with E-state index in [1.54, 1.807) is 36.4 Å². The molecule has 1 heterocycles. The lowest BCUT2D eigenvalue weighted by atomic mass is 10.1. The molecule has 1 aromatic heterocycles. The zero-order chi connectivity index (χ0) is 18.4. The minimum Gasteiger partial charge on any atom is -0.305 e. The zero-order valence-corrected chi connectivity index (χ0v) is 15.0. The Kier molecular flexibility index (Phi) is 5.76. The summed E-state index contributed by atoms with van der Waals surface area (Å²) in [5.41, 5.74) is 2.35. The standard InChI is InChI=1S/C20H17N3O2S/c1-14-7-9-15(10-8-14)17(24)13-26-19-12-11-18(22-23-19)21-20(25)16-5-3-2-4-6-16/h2-12H,13H2,1H3,(H,21,22,25). The second kappa shape index (κ2) is 8.40. The van der Waals surface area contributed by atoms with E-state index in [1.165, 1.54) is 11.8 Å². The summed E-state index contributed by atoms with van der Waals surface area (Å²) >= 11 is 1.32. The van der Waals surface area contributed by atoms with Gasteiger partial charge in [-0.05, 0) is 31.2 Å². The van der Waals surface area contributed by atoms with Crippen molar-refractivity contribution in [2.75, 3.05) is 11.1 Å². The highest BCUT2D eigenvalue weighted by molar-refractivity contribution is 7.99. The fourth-order valence-corrected chi connectivity index (χ4v) is 2.91. The summed E-state index contributed by atoms with van der Waals surface area (Å²) in [6.07, 6.45) is 0. The molecule has 0 aliphatic carbocycles. The Morgan fingerprint density at radius 3 is 2.27 bits per heavy atom. The van der Waals surface area contributed by atoms with Gasteiger partial charge in [-0.3, -0.25) is 9.59 Å². The van der Waals surface area contributed by atoms with Crippen LogP contribution < -0.4 is 5.32 Å². The Labute approximate surface area is 155 Å². The number of nitrogens with one attached hydrogen (secondary N) is 1. The minimum absolute atomic E-state index is 0.0401. The van der Waals surface area contributed by atoms with Crippen LogP contribution in [0.1, 0.15) is 26.3 Å². The van der Waals surface area contributed by atoms with Crippen molar-refractivity contribution >= 4 is 29.3 Å². The van der Waals surface area contributed by atoms with Crippen molar-refractivity contribution in [3.05, 3.63) is 83.4 Å². The van der Waals surface area contributed by atoms with Crippen molar-refractivity contribution in [1.82, 2.24) is 10.2 Å². The number of amides is 1. The Balaban J connectivity index is 1.55. The lowest BCUT2D eigenvalue weighted by Gasteiger charge is -2.05. The van der Waals surface area contributed by atoms with Gasteiger partial charge in [-0.25, -0.2) is 0 Å². The number of aromatic nitrogens is 2. The van der Waals surface area contributed by atoms with Crippen molar-refractivity contribution in [2.24, 2.45) is 0 Å². The molecule has 0 aliphatic heterocycles. The third-order valence-corrected chi connectivity index (χ3v) is 4.56. The summed E-state index contributed by atoms with van der Waals surface area (Å²) in [5, 5.41) is 11.4. The quantitative estimate of drug-likeness (QED) is 0.529. The largest absolute Gasteiger partial charge is 0.305 e. The van der Waals surface area contributed by atoms with Crippen LogP contribution in [0.3, 0.4) is 0 Å². The first kappa shape index (κ1) is 17.8. The highest BCUT2D eigenvalue weighted by atomic mass is 32.2. The molecule has 0 saturated heterocycles. The number of carbonyl (C=O) groups is 2. The van der Waals surface area contributed by atoms with E-state index in [0.29, 0.717) is 22.0 Å². The second-order valence-corrected chi connectivity index (χ2v) is 6.65. The molecule has 1 amide bonds. The molecule has 26 heavy (non-hydrogen) atoms. The summed E-state index contributed by atoms with van der Waals surface area (Å²) < 4.78 is 0. The second-order valence-electron chi connectivity index (χ2n) is 5.65. The molecule has 0 unspecified atom stereocenters. The van der Waals surface area contributed by atoms with E-state index in [9.17, 15) is 9.59 Å². The molecule has 130 valence electrons. The number of aryl methyl sites for hydroxylation is 1. The molecule has 0 aliphatic rings. The average Bonchev–Trinajstić information content (AvgIpc) is 2.68. The van der Waals surface area contributed by atoms with E-state index in [2.05, 4.69) is 15.5 Å². The van der Waals surface area contributed by atoms with Crippen molar-refractivity contribution in [2.45, 2.75) is 11.9 Å². The summed E-state index contributed by atoms with van der Waals surface area (Å²) in [6.45, 7) is 1.98. The Morgan fingerprint density at radius 2 is 1.62 bits per heavy atom. The first-order chi connectivity index (χ1) is 12.6. The number of ketones is 1. The lowest BCUT2D eigenvalue weighted by Crippen LogP contribution is -2.13. The van der Waals surface area contributed by atoms with E-state index in [4.69, 9.17) is 0 Å². The molecule has 0 bridgehead atoms. The molecule has 0 spiro atoms. The van der Waals surface area contributed by atoms with E-state index in [0.717, 1.165) is 5.56 Å². The molecule has 0 atom stereocenters. The molecular weight excluding hydrogens is 346 g/mol. The van der Waals surface area contributed by atoms with Gasteiger partial charge >= 0.3 is 0 Å². The highest BCUT2D eigenvalue weighted by Crippen LogP contribution is 2.18. The zero-order valence-electron chi connectivity index (χ0n) is 14.2. The monoisotopic (exact) mass is 363 g/mol. The Bertz CT molecular complexity index is 895. The Hall–Kier alpha value is -2.99. The number of carbonyl (C=O) groups excluding carboxylic acids is 2. The summed E-state index contributed by atoms with van der Waals surface area (Å²) in [4.78, 5) is 24.2. The lowest BCUT2D eigenvalue weighted by molar-refractivity contribution is 0.101. The molecule has 2 aromatic carbocycles. The van der Waals surface area contributed by atoms with Crippen LogP contribution in [0.5, 0.6) is 0 Å². The number of thioether (sulfide) groups is 1. The van der Waals surface area contributed by atoms with Crippen LogP contribution >= 0.6 is 11.8 Å². The van der Waals surface area contributed by atoms with Gasteiger partial charge in [0.25, 0.3) is 5.91 Å². The van der Waals surface area contributed by atoms with Crippen molar-refractivity contribution in [3.8, 4) is 0 Å². The van der Waals surface area contributed by atoms with Gasteiger partial charge in [-0.2, -0.15) is 0 Å². The van der Waals surface area contributed by atoms with Gasteiger partial charge in [-0.1, -0.05) is 59.8 Å². The topological polar surface area (TPSA) is 72.0 Å². The van der Waals surface area contributed by atoms with Crippen LogP contribution in [-0.2, 0) is 0 Å². The third kappa shape index (κ3) is 4.77. The SMILES string of the molecule is Cc1ccc(C(=O)CSc2ccc(NC(=O)c3ccccc3)nn2)cc1. The summed E-state index contributed by atoms with van der Waals surface area (Å²) in [5.74, 6) is 0.453. The van der Waals surface area contributed by atoms with E-state index in [-0.39, 0.29) is 17.4 Å². The minimum atomic E-state index is -0.241. The average molecular weight is 363 g/mol. The van der Waals surface area contributed by atoms with E-state index >= 15 is 0 Å². The van der Waals surface area contributed by atoms with Crippen molar-refractivity contribution in [3.63, 3.8) is 0 Å². The summed E-state index contributed by atoms with van der Waals surface area (Å²) in [6, 6.07) is 19.8. The predicted octanol–water partition coefficient (Wildman–Crippen LogP) is 4.01. The fraction of sp³-hybridized carbons (Fsp3) is 0.100. The third-order valence-electron chi connectivity index (χ3n) is 3.64. The number of Topliss-reactive ketones (excluding diaryl/α,β-unsaturated/α-hetero) is 1. The van der Waals surface area contributed by atoms with Gasteiger partial charge in [-0.15, -0.1) is 10.2 Å². The molecule has 1 N–H and O–H groups in total. The van der Waals surface area contributed by atoms with Crippen LogP contribution in [-0.4, -0.2) is 27.6 Å². The highest BCUT2D eigenvalue weighted by Gasteiger charge is 2.09. The molecule has 3 rings (SSSR count). The number of rotatable bonds is 6. The number of nitrogens with zero attached hydrogens (tertiary/aromatic N) is 2. The van der Waals surface area contributed by atoms with Gasteiger partial charge in [0.1, 0.15) is 5.03 Å². The van der Waals surface area contributed by atoms with E-state index < -0.39 is 0 Å². The number of benzene rings is 2. The number of anilines is 1. The molecule has 5 nitrogen and oxygen atoms in total. The van der Waals surface area contributed by atoms with Gasteiger partial charge in [0.05, 0.1) is 5.75 Å². The number of hydrogen-bond acceptors (Lipinski definition) is 5. The van der Waals surface area contributed by atoms with E-state index in [1.807, 2.05) is 37.3 Å². The van der Waals surface area contributed by atoms with Crippen molar-refractivity contribution in [1.29, 1.82) is 0 Å². The van der Waals surface area contributed by atoms with Crippen LogP contribution in [0.15, 0.2) is 71.8 Å². The Morgan fingerprint density at radius 1 is 0.885 bits per heavy atom. The molecule has 3 aromatic rings. The normalized spacial score (nSPS) is 10.3. The van der Waals surface area contributed by atoms with Gasteiger partial charge in [0.2, 0.25) is 0 Å². The summed E-state index contributed by atoms with van der Waals surface area (Å²) in [7, 11) is 0. The maximum atomic E-state index is 12.2. The molecule has 0 fully saturated rings. The van der Waals surface area contributed by atoms with Crippen LogP contribution in [0, 0.1) is 6.92 Å². The maximum absolute atomic E-state index is 12.2. The molecule has 0 radical (unpaired) electrons. The number of hydrogen-bond donors (Lipinski definition) is 1. The van der Waals surface area contributed by atoms with Crippen LogP contribution in [0.2, 0.25) is 0 Å².